The maximum absolute atomic E-state index is 5.94. The lowest BCUT2D eigenvalue weighted by atomic mass is 10.2. The Hall–Kier alpha value is -1.39. The average molecular weight is 223 g/mol. The molecule has 0 radical (unpaired) electrons. The number of nitrogens with zero attached hydrogens (tertiary/aromatic N) is 3. The molecule has 0 bridgehead atoms. The summed E-state index contributed by atoms with van der Waals surface area (Å²) in [5.74, 6) is 0. The monoisotopic (exact) mass is 222 g/mol. The molecule has 0 amide bonds. The Labute approximate surface area is 92.7 Å². The highest BCUT2D eigenvalue weighted by Gasteiger charge is 2.07. The van der Waals surface area contributed by atoms with Gasteiger partial charge in [0.05, 0.1) is 17.6 Å². The number of halogens is 1. The van der Waals surface area contributed by atoms with E-state index in [4.69, 9.17) is 17.3 Å². The Morgan fingerprint density at radius 1 is 1.47 bits per heavy atom. The maximum Gasteiger partial charge on any atom is 0.0781 e. The van der Waals surface area contributed by atoms with E-state index in [-0.39, 0.29) is 0 Å². The lowest BCUT2D eigenvalue weighted by Crippen LogP contribution is -2.08. The molecule has 0 aliphatic rings. The predicted octanol–water partition coefficient (Wildman–Crippen LogP) is 1.69. The summed E-state index contributed by atoms with van der Waals surface area (Å²) in [4.78, 5) is 0. The molecule has 0 aliphatic carbocycles. The largest absolute Gasteiger partial charge is 0.325 e. The van der Waals surface area contributed by atoms with Crippen molar-refractivity contribution in [1.29, 1.82) is 0 Å². The number of hydrogen-bond donors (Lipinski definition) is 1. The van der Waals surface area contributed by atoms with Crippen LogP contribution in [0.3, 0.4) is 0 Å². The maximum atomic E-state index is 5.94. The van der Waals surface area contributed by atoms with Crippen molar-refractivity contribution in [1.82, 2.24) is 15.0 Å². The van der Waals surface area contributed by atoms with Crippen LogP contribution < -0.4 is 5.73 Å². The molecule has 4 nitrogen and oxygen atoms in total. The number of benzene rings is 1. The molecule has 0 unspecified atom stereocenters. The van der Waals surface area contributed by atoms with Crippen LogP contribution >= 0.6 is 11.6 Å². The average Bonchev–Trinajstić information content (AvgIpc) is 2.69. The molecular formula is C10H11ClN4. The van der Waals surface area contributed by atoms with Gasteiger partial charge in [-0.25, -0.2) is 4.68 Å². The lowest BCUT2D eigenvalue weighted by Gasteiger charge is -2.08. The Balaban J connectivity index is 2.58. The van der Waals surface area contributed by atoms with Gasteiger partial charge in [-0.05, 0) is 24.6 Å². The molecule has 2 N–H and O–H groups in total. The zero-order valence-electron chi connectivity index (χ0n) is 8.31. The first-order valence-electron chi connectivity index (χ1n) is 4.58. The molecule has 2 rings (SSSR count). The standard InChI is InChI=1S/C10H11ClN4/c1-7-2-3-8(11)4-10(7)15-9(5-12)6-13-14-15/h2-4,6H,5,12H2,1H3. The second-order valence-corrected chi connectivity index (χ2v) is 3.71. The molecular weight excluding hydrogens is 212 g/mol. The number of hydrogen-bond acceptors (Lipinski definition) is 3. The topological polar surface area (TPSA) is 56.7 Å². The van der Waals surface area contributed by atoms with Crippen LogP contribution in [0.4, 0.5) is 0 Å². The van der Waals surface area contributed by atoms with Gasteiger partial charge in [0.2, 0.25) is 0 Å². The first-order chi connectivity index (χ1) is 7.22. The fourth-order valence-corrected chi connectivity index (χ4v) is 1.58. The highest BCUT2D eigenvalue weighted by Crippen LogP contribution is 2.19. The molecule has 1 aromatic heterocycles. The van der Waals surface area contributed by atoms with Crippen LogP contribution in [0.15, 0.2) is 24.4 Å². The van der Waals surface area contributed by atoms with Crippen LogP contribution in [-0.4, -0.2) is 15.0 Å². The van der Waals surface area contributed by atoms with Crippen LogP contribution in [0.25, 0.3) is 5.69 Å². The van der Waals surface area contributed by atoms with E-state index in [1.54, 1.807) is 10.9 Å². The third kappa shape index (κ3) is 1.86. The van der Waals surface area contributed by atoms with Crippen molar-refractivity contribution in [3.63, 3.8) is 0 Å². The van der Waals surface area contributed by atoms with E-state index < -0.39 is 0 Å². The summed E-state index contributed by atoms with van der Waals surface area (Å²) in [6.07, 6.45) is 1.65. The quantitative estimate of drug-likeness (QED) is 0.841. The molecule has 5 heteroatoms. The van der Waals surface area contributed by atoms with Crippen molar-refractivity contribution in [2.24, 2.45) is 5.73 Å². The number of aryl methyl sites for hydroxylation is 1. The number of aromatic nitrogens is 3. The highest BCUT2D eigenvalue weighted by atomic mass is 35.5. The number of nitrogens with two attached hydrogens (primary N) is 1. The Morgan fingerprint density at radius 3 is 3.00 bits per heavy atom. The van der Waals surface area contributed by atoms with E-state index in [1.807, 2.05) is 25.1 Å². The van der Waals surface area contributed by atoms with Gasteiger partial charge in [-0.1, -0.05) is 22.9 Å². The van der Waals surface area contributed by atoms with Gasteiger partial charge in [-0.15, -0.1) is 5.10 Å². The summed E-state index contributed by atoms with van der Waals surface area (Å²) in [5, 5.41) is 8.49. The van der Waals surface area contributed by atoms with Crippen molar-refractivity contribution < 1.29 is 0 Å². The van der Waals surface area contributed by atoms with E-state index in [0.717, 1.165) is 16.9 Å². The normalized spacial score (nSPS) is 10.6. The molecule has 0 fully saturated rings. The molecule has 0 atom stereocenters. The van der Waals surface area contributed by atoms with E-state index in [2.05, 4.69) is 10.3 Å². The van der Waals surface area contributed by atoms with Crippen molar-refractivity contribution in [3.05, 3.63) is 40.7 Å². The van der Waals surface area contributed by atoms with Gasteiger partial charge < -0.3 is 5.73 Å². The second kappa shape index (κ2) is 4.00. The molecule has 1 aromatic carbocycles. The minimum absolute atomic E-state index is 0.402. The summed E-state index contributed by atoms with van der Waals surface area (Å²) in [6, 6.07) is 5.64. The molecule has 0 spiro atoms. The van der Waals surface area contributed by atoms with Gasteiger partial charge in [0.25, 0.3) is 0 Å². The fraction of sp³-hybridized carbons (Fsp3) is 0.200. The third-order valence-electron chi connectivity index (χ3n) is 2.23. The van der Waals surface area contributed by atoms with Crippen molar-refractivity contribution in [2.45, 2.75) is 13.5 Å². The van der Waals surface area contributed by atoms with Crippen LogP contribution in [0.5, 0.6) is 0 Å². The molecule has 0 aliphatic heterocycles. The zero-order chi connectivity index (χ0) is 10.8. The van der Waals surface area contributed by atoms with E-state index in [0.29, 0.717) is 11.6 Å². The number of rotatable bonds is 2. The summed E-state index contributed by atoms with van der Waals surface area (Å²) in [5.41, 5.74) is 8.45. The fourth-order valence-electron chi connectivity index (χ4n) is 1.41. The SMILES string of the molecule is Cc1ccc(Cl)cc1-n1nncc1CN. The van der Waals surface area contributed by atoms with E-state index in [1.165, 1.54) is 0 Å². The van der Waals surface area contributed by atoms with Gasteiger partial charge in [0, 0.05) is 11.6 Å². The van der Waals surface area contributed by atoms with Gasteiger partial charge in [0.15, 0.2) is 0 Å². The van der Waals surface area contributed by atoms with Crippen LogP contribution in [0.1, 0.15) is 11.3 Å². The summed E-state index contributed by atoms with van der Waals surface area (Å²) in [7, 11) is 0. The summed E-state index contributed by atoms with van der Waals surface area (Å²) >= 11 is 5.94. The van der Waals surface area contributed by atoms with E-state index >= 15 is 0 Å². The Kier molecular flexibility index (Phi) is 2.70. The summed E-state index contributed by atoms with van der Waals surface area (Å²) in [6.45, 7) is 2.40. The van der Waals surface area contributed by atoms with Crippen LogP contribution in [0, 0.1) is 6.92 Å². The molecule has 0 saturated heterocycles. The van der Waals surface area contributed by atoms with Crippen molar-refractivity contribution in [3.8, 4) is 5.69 Å². The van der Waals surface area contributed by atoms with Gasteiger partial charge in [-0.2, -0.15) is 0 Å². The van der Waals surface area contributed by atoms with Gasteiger partial charge >= 0.3 is 0 Å². The minimum atomic E-state index is 0.402. The molecule has 1 heterocycles. The first-order valence-corrected chi connectivity index (χ1v) is 4.96. The second-order valence-electron chi connectivity index (χ2n) is 3.27. The smallest absolute Gasteiger partial charge is 0.0781 e. The van der Waals surface area contributed by atoms with Crippen LogP contribution in [-0.2, 0) is 6.54 Å². The van der Waals surface area contributed by atoms with Gasteiger partial charge in [0.1, 0.15) is 0 Å². The molecule has 78 valence electrons. The van der Waals surface area contributed by atoms with Crippen molar-refractivity contribution >= 4 is 11.6 Å². The van der Waals surface area contributed by atoms with E-state index in [9.17, 15) is 0 Å². The molecule has 0 saturated carbocycles. The molecule has 2 aromatic rings. The zero-order valence-corrected chi connectivity index (χ0v) is 9.07. The summed E-state index contributed by atoms with van der Waals surface area (Å²) < 4.78 is 1.71. The van der Waals surface area contributed by atoms with Crippen molar-refractivity contribution in [2.75, 3.05) is 0 Å². The lowest BCUT2D eigenvalue weighted by molar-refractivity contribution is 0.757. The Morgan fingerprint density at radius 2 is 2.27 bits per heavy atom. The third-order valence-corrected chi connectivity index (χ3v) is 2.46. The minimum Gasteiger partial charge on any atom is -0.325 e. The molecule has 15 heavy (non-hydrogen) atoms. The predicted molar refractivity (Wildman–Crippen MR) is 59.0 cm³/mol. The van der Waals surface area contributed by atoms with Gasteiger partial charge in [-0.3, -0.25) is 0 Å². The first kappa shape index (κ1) is 10.1. The Bertz CT molecular complexity index is 478. The van der Waals surface area contributed by atoms with Crippen LogP contribution in [0.2, 0.25) is 5.02 Å². The highest BCUT2D eigenvalue weighted by molar-refractivity contribution is 6.30.